The predicted octanol–water partition coefficient (Wildman–Crippen LogP) is 21.7. The van der Waals surface area contributed by atoms with E-state index in [-0.39, 0.29) is 26.1 Å². The molecule has 0 fully saturated rings. The number of carbonyl (C=O) groups is 2. The number of ether oxygens (including phenoxy) is 2. The van der Waals surface area contributed by atoms with Crippen LogP contribution in [0.5, 0.6) is 0 Å². The first-order valence-corrected chi connectivity index (χ1v) is 35.7. The van der Waals surface area contributed by atoms with Crippen molar-refractivity contribution in [3.63, 3.8) is 0 Å². The molecule has 0 radical (unpaired) electrons. The zero-order valence-corrected chi connectivity index (χ0v) is 56.3. The van der Waals surface area contributed by atoms with Gasteiger partial charge < -0.3 is 27.9 Å². The van der Waals surface area contributed by atoms with Crippen molar-refractivity contribution in [3.05, 3.63) is 158 Å². The molecule has 0 aliphatic rings. The summed E-state index contributed by atoms with van der Waals surface area (Å²) in [5.41, 5.74) is 0. The second-order valence-electron chi connectivity index (χ2n) is 23.4. The largest absolute Gasteiger partial charge is 0.756 e. The molecule has 2 atom stereocenters. The zero-order chi connectivity index (χ0) is 62.6. The van der Waals surface area contributed by atoms with Gasteiger partial charge >= 0.3 is 11.9 Å². The van der Waals surface area contributed by atoms with Gasteiger partial charge in [-0.15, -0.1) is 0 Å². The van der Waals surface area contributed by atoms with Gasteiger partial charge in [0.05, 0.1) is 27.7 Å². The lowest BCUT2D eigenvalue weighted by Gasteiger charge is -2.28. The van der Waals surface area contributed by atoms with Gasteiger partial charge in [-0.1, -0.05) is 281 Å². The number of rotatable bonds is 61. The first kappa shape index (κ1) is 81.6. The van der Waals surface area contributed by atoms with E-state index < -0.39 is 32.5 Å². The fraction of sp³-hybridized carbons (Fsp3) is 0.632. The average molecular weight is 1210 g/mol. The molecule has 0 aromatic carbocycles. The Kier molecular flexibility index (Phi) is 61.8. The van der Waals surface area contributed by atoms with E-state index in [9.17, 15) is 19.0 Å². The molecule has 2 unspecified atom stereocenters. The Labute approximate surface area is 528 Å². The van der Waals surface area contributed by atoms with Crippen LogP contribution in [0.3, 0.4) is 0 Å². The summed E-state index contributed by atoms with van der Waals surface area (Å²) in [6.07, 6.45) is 97.3. The van der Waals surface area contributed by atoms with Crippen LogP contribution in [0, 0.1) is 0 Å². The fourth-order valence-electron chi connectivity index (χ4n) is 8.88. The van der Waals surface area contributed by atoms with Crippen LogP contribution >= 0.6 is 7.82 Å². The number of likely N-dealkylation sites (N-methyl/N-ethyl adjacent to an activating group) is 1. The van der Waals surface area contributed by atoms with Crippen molar-refractivity contribution in [2.24, 2.45) is 0 Å². The van der Waals surface area contributed by atoms with E-state index >= 15 is 0 Å². The molecule has 0 aliphatic heterocycles. The Balaban J connectivity index is 4.14. The Bertz CT molecular complexity index is 2010. The molecule has 9 nitrogen and oxygen atoms in total. The third-order valence-corrected chi connectivity index (χ3v) is 15.0. The lowest BCUT2D eigenvalue weighted by Crippen LogP contribution is -2.37. The van der Waals surface area contributed by atoms with Crippen LogP contribution in [-0.2, 0) is 32.7 Å². The molecule has 0 aromatic rings. The van der Waals surface area contributed by atoms with Gasteiger partial charge in [-0.2, -0.15) is 0 Å². The number of phosphoric ester groups is 1. The fourth-order valence-corrected chi connectivity index (χ4v) is 9.60. The standard InChI is InChI=1S/C76H126NO8P/c1-6-8-10-12-14-16-18-20-22-24-26-28-30-32-34-36-37-38-39-41-43-45-47-49-51-53-55-57-59-61-63-65-67-69-76(79)85-74(73-84-86(80,81)83-71-70-77(3,4)5)72-82-75(78)68-66-64-62-60-58-56-54-52-50-48-46-44-42-40-35-33-31-29-27-25-23-21-19-17-15-13-11-9-7-2/h8-11,14-17,20-23,26-29,32-35,37-38,41-44,74H,6-7,12-13,18-19,24-25,30-31,36,39-40,45-73H2,1-5H3/b10-8-,11-9-,16-14-,17-15-,22-20-,23-21-,28-26-,29-27-,34-32-,35-33-,38-37-,43-41-,44-42-. The molecule has 0 rings (SSSR count). The predicted molar refractivity (Wildman–Crippen MR) is 369 cm³/mol. The Hall–Kier alpha value is -4.37. The maximum atomic E-state index is 12.9. The molecule has 0 saturated heterocycles. The maximum Gasteiger partial charge on any atom is 0.306 e. The van der Waals surface area contributed by atoms with Crippen LogP contribution in [0.15, 0.2) is 158 Å². The van der Waals surface area contributed by atoms with Gasteiger partial charge in [0.15, 0.2) is 6.10 Å². The van der Waals surface area contributed by atoms with Gasteiger partial charge in [0, 0.05) is 12.8 Å². The summed E-state index contributed by atoms with van der Waals surface area (Å²) in [6, 6.07) is 0. The first-order valence-electron chi connectivity index (χ1n) is 34.2. The second-order valence-corrected chi connectivity index (χ2v) is 24.8. The summed E-state index contributed by atoms with van der Waals surface area (Å²) in [7, 11) is 1.14. The highest BCUT2D eigenvalue weighted by Crippen LogP contribution is 2.38. The summed E-state index contributed by atoms with van der Waals surface area (Å²) in [6.45, 7) is 4.00. The highest BCUT2D eigenvalue weighted by molar-refractivity contribution is 7.45. The van der Waals surface area contributed by atoms with E-state index in [1.54, 1.807) is 0 Å². The van der Waals surface area contributed by atoms with Gasteiger partial charge in [-0.05, 0) is 122 Å². The summed E-state index contributed by atoms with van der Waals surface area (Å²) in [5.74, 6) is -0.848. The van der Waals surface area contributed by atoms with E-state index in [1.807, 2.05) is 21.1 Å². The van der Waals surface area contributed by atoms with E-state index in [0.29, 0.717) is 17.4 Å². The summed E-state index contributed by atoms with van der Waals surface area (Å²) in [5, 5.41) is 0. The smallest absolute Gasteiger partial charge is 0.306 e. The number of allylic oxidation sites excluding steroid dienone is 26. The zero-order valence-electron chi connectivity index (χ0n) is 55.4. The minimum absolute atomic E-state index is 0.0399. The van der Waals surface area contributed by atoms with Crippen LogP contribution in [0.4, 0.5) is 0 Å². The molecule has 10 heteroatoms. The highest BCUT2D eigenvalue weighted by atomic mass is 31.2. The molecule has 488 valence electrons. The van der Waals surface area contributed by atoms with Gasteiger partial charge in [0.25, 0.3) is 7.82 Å². The van der Waals surface area contributed by atoms with Crippen LogP contribution in [0.1, 0.15) is 258 Å². The molecular weight excluding hydrogens is 1090 g/mol. The molecule has 0 bridgehead atoms. The number of carbonyl (C=O) groups excluding carboxylic acids is 2. The minimum Gasteiger partial charge on any atom is -0.756 e. The molecule has 86 heavy (non-hydrogen) atoms. The van der Waals surface area contributed by atoms with Crippen molar-refractivity contribution in [2.45, 2.75) is 264 Å². The van der Waals surface area contributed by atoms with Gasteiger partial charge in [-0.25, -0.2) is 0 Å². The molecule has 0 N–H and O–H groups in total. The van der Waals surface area contributed by atoms with Gasteiger partial charge in [0.2, 0.25) is 0 Å². The maximum absolute atomic E-state index is 12.9. The van der Waals surface area contributed by atoms with Gasteiger partial charge in [-0.3, -0.25) is 14.2 Å². The minimum atomic E-state index is -4.65. The van der Waals surface area contributed by atoms with Crippen molar-refractivity contribution in [3.8, 4) is 0 Å². The van der Waals surface area contributed by atoms with Crippen LogP contribution < -0.4 is 4.89 Å². The number of unbranched alkanes of at least 4 members (excludes halogenated alkanes) is 21. The quantitative estimate of drug-likeness (QED) is 0.0195. The van der Waals surface area contributed by atoms with Crippen molar-refractivity contribution >= 4 is 19.8 Å². The van der Waals surface area contributed by atoms with E-state index in [0.717, 1.165) is 141 Å². The van der Waals surface area contributed by atoms with Crippen molar-refractivity contribution < 1.29 is 42.1 Å². The third kappa shape index (κ3) is 68.7. The molecule has 0 spiro atoms. The molecule has 0 aromatic heterocycles. The van der Waals surface area contributed by atoms with Crippen molar-refractivity contribution in [2.75, 3.05) is 47.5 Å². The highest BCUT2D eigenvalue weighted by Gasteiger charge is 2.22. The number of hydrogen-bond acceptors (Lipinski definition) is 8. The lowest BCUT2D eigenvalue weighted by atomic mass is 10.0. The molecule has 0 saturated carbocycles. The Morgan fingerprint density at radius 2 is 0.628 bits per heavy atom. The van der Waals surface area contributed by atoms with Crippen molar-refractivity contribution in [1.29, 1.82) is 0 Å². The number of nitrogens with zero attached hydrogens (tertiary/aromatic N) is 1. The Morgan fingerprint density at radius 1 is 0.360 bits per heavy atom. The third-order valence-electron chi connectivity index (χ3n) is 14.0. The molecule has 0 amide bonds. The van der Waals surface area contributed by atoms with Gasteiger partial charge in [0.1, 0.15) is 19.8 Å². The number of quaternary nitrogens is 1. The number of phosphoric acid groups is 1. The normalized spacial score (nSPS) is 14.2. The lowest BCUT2D eigenvalue weighted by molar-refractivity contribution is -0.870. The Morgan fingerprint density at radius 3 is 0.930 bits per heavy atom. The van der Waals surface area contributed by atoms with Crippen LogP contribution in [0.2, 0.25) is 0 Å². The van der Waals surface area contributed by atoms with E-state index in [4.69, 9.17) is 18.5 Å². The van der Waals surface area contributed by atoms with Crippen LogP contribution in [-0.4, -0.2) is 70.0 Å². The van der Waals surface area contributed by atoms with Crippen LogP contribution in [0.25, 0.3) is 0 Å². The summed E-state index contributed by atoms with van der Waals surface area (Å²) in [4.78, 5) is 38.1. The van der Waals surface area contributed by atoms with E-state index in [1.165, 1.54) is 83.5 Å². The summed E-state index contributed by atoms with van der Waals surface area (Å²) >= 11 is 0. The average Bonchev–Trinajstić information content (AvgIpc) is 3.70. The second kappa shape index (κ2) is 65.1. The summed E-state index contributed by atoms with van der Waals surface area (Å²) < 4.78 is 34.3. The monoisotopic (exact) mass is 1210 g/mol. The number of hydrogen-bond donors (Lipinski definition) is 0. The SMILES string of the molecule is CC/C=C\C/C=C\C/C=C\C/C=C\C/C=C\C/C=C\C/C=C\CCCCCCCCCCCCCC(=O)OC(COC(=O)CCCCCCCCCCCC/C=C\C/C=C\C/C=C\C/C=C\C/C=C\C/C=C\CC)COP(=O)([O-])OCC[N+](C)(C)C. The number of esters is 2. The first-order chi connectivity index (χ1) is 42.0. The van der Waals surface area contributed by atoms with E-state index in [2.05, 4.69) is 172 Å². The molecule has 0 aliphatic carbocycles. The van der Waals surface area contributed by atoms with Crippen molar-refractivity contribution in [1.82, 2.24) is 0 Å². The molecular formula is C76H126NO8P. The topological polar surface area (TPSA) is 111 Å². The molecule has 0 heterocycles.